The lowest BCUT2D eigenvalue weighted by Crippen LogP contribution is -2.32. The van der Waals surface area contributed by atoms with Crippen LogP contribution in [0, 0.1) is 19.7 Å². The fraction of sp³-hybridized carbons (Fsp3) is 0.267. The van der Waals surface area contributed by atoms with E-state index in [1.54, 1.807) is 31.2 Å². The summed E-state index contributed by atoms with van der Waals surface area (Å²) in [6.45, 7) is 4.77. The Morgan fingerprint density at radius 1 is 1.05 bits per heavy atom. The minimum atomic E-state index is -0.988. The van der Waals surface area contributed by atoms with E-state index >= 15 is 4.39 Å². The summed E-state index contributed by atoms with van der Waals surface area (Å²) in [6, 6.07) is 18.6. The van der Waals surface area contributed by atoms with Gasteiger partial charge in [-0.1, -0.05) is 48.2 Å². The Bertz CT molecular complexity index is 1590. The highest BCUT2D eigenvalue weighted by Gasteiger charge is 2.52. The number of benzene rings is 3. The fourth-order valence-corrected chi connectivity index (χ4v) is 6.69. The highest BCUT2D eigenvalue weighted by molar-refractivity contribution is 7.99. The number of aromatic nitrogens is 1. The first kappa shape index (κ1) is 23.8. The van der Waals surface area contributed by atoms with Crippen molar-refractivity contribution in [1.82, 2.24) is 4.57 Å². The van der Waals surface area contributed by atoms with Crippen LogP contribution in [-0.2, 0) is 16.8 Å². The first-order chi connectivity index (χ1) is 17.8. The van der Waals surface area contributed by atoms with Gasteiger partial charge in [-0.25, -0.2) is 9.18 Å². The molecule has 0 unspecified atom stereocenters. The molecule has 0 bridgehead atoms. The van der Waals surface area contributed by atoms with Gasteiger partial charge in [0.15, 0.2) is 0 Å². The second kappa shape index (κ2) is 8.77. The molecule has 2 heterocycles. The van der Waals surface area contributed by atoms with Crippen molar-refractivity contribution >= 4 is 40.2 Å². The van der Waals surface area contributed by atoms with Crippen LogP contribution in [0.5, 0.6) is 0 Å². The van der Waals surface area contributed by atoms with Crippen molar-refractivity contribution < 1.29 is 19.1 Å². The number of halogens is 1. The Labute approximate surface area is 218 Å². The maximum Gasteiger partial charge on any atom is 0.335 e. The molecule has 5 nitrogen and oxygen atoms in total. The highest BCUT2D eigenvalue weighted by atomic mass is 32.2. The van der Waals surface area contributed by atoms with Crippen molar-refractivity contribution in [2.24, 2.45) is 0 Å². The summed E-state index contributed by atoms with van der Waals surface area (Å²) in [5.74, 6) is -1.23. The number of fused-ring (bicyclic) bond motifs is 3. The van der Waals surface area contributed by atoms with Gasteiger partial charge in [-0.05, 0) is 62.1 Å². The maximum absolute atomic E-state index is 15.5. The van der Waals surface area contributed by atoms with Crippen molar-refractivity contribution in [3.05, 3.63) is 88.9 Å². The molecule has 1 saturated carbocycles. The zero-order valence-corrected chi connectivity index (χ0v) is 21.6. The van der Waals surface area contributed by atoms with Crippen LogP contribution in [0.4, 0.5) is 10.1 Å². The van der Waals surface area contributed by atoms with Crippen LogP contribution in [0.1, 0.15) is 46.4 Å². The molecule has 37 heavy (non-hydrogen) atoms. The van der Waals surface area contributed by atoms with E-state index in [2.05, 4.69) is 6.07 Å². The van der Waals surface area contributed by atoms with Crippen LogP contribution in [0.2, 0.25) is 0 Å². The standard InChI is InChI=1S/C30H27FN2O3S/c1-18-10-11-22-27(26(18)31)32(19(2)28(22)37-21-7-5-6-20(16-21)29(35)36)15-12-25(34)33-17-30(13-14-30)23-8-3-4-9-24(23)33/h3-11,16H,12-15,17H2,1-2H3,(H,35,36). The molecule has 1 aliphatic heterocycles. The quantitative estimate of drug-likeness (QED) is 0.310. The molecule has 0 saturated heterocycles. The normalized spacial score (nSPS) is 15.4. The average Bonchev–Trinajstić information content (AvgIpc) is 3.54. The molecule has 0 atom stereocenters. The van der Waals surface area contributed by atoms with E-state index in [1.165, 1.54) is 17.3 Å². The topological polar surface area (TPSA) is 62.5 Å². The number of aryl methyl sites for hydroxylation is 2. The van der Waals surface area contributed by atoms with Crippen LogP contribution in [0.3, 0.4) is 0 Å². The third-order valence-electron chi connectivity index (χ3n) is 7.79. The third-order valence-corrected chi connectivity index (χ3v) is 9.00. The summed E-state index contributed by atoms with van der Waals surface area (Å²) in [7, 11) is 0. The van der Waals surface area contributed by atoms with E-state index in [-0.39, 0.29) is 29.1 Å². The number of carboxylic acids is 1. The molecule has 6 rings (SSSR count). The summed E-state index contributed by atoms with van der Waals surface area (Å²) in [4.78, 5) is 28.5. The molecule has 1 amide bonds. The molecule has 7 heteroatoms. The van der Waals surface area contributed by atoms with Gasteiger partial charge in [-0.15, -0.1) is 0 Å². The molecule has 4 aromatic rings. The van der Waals surface area contributed by atoms with E-state index in [0.717, 1.165) is 45.9 Å². The van der Waals surface area contributed by atoms with E-state index < -0.39 is 5.97 Å². The van der Waals surface area contributed by atoms with Gasteiger partial charge in [0.1, 0.15) is 5.82 Å². The average molecular weight is 515 g/mol. The Kier molecular flexibility index (Phi) is 5.64. The summed E-state index contributed by atoms with van der Waals surface area (Å²) >= 11 is 1.42. The van der Waals surface area contributed by atoms with Crippen molar-refractivity contribution in [2.45, 2.75) is 54.9 Å². The lowest BCUT2D eigenvalue weighted by Gasteiger charge is -2.19. The van der Waals surface area contributed by atoms with Crippen molar-refractivity contribution in [3.63, 3.8) is 0 Å². The van der Waals surface area contributed by atoms with Gasteiger partial charge in [-0.2, -0.15) is 0 Å². The molecular formula is C30H27FN2O3S. The Morgan fingerprint density at radius 2 is 1.84 bits per heavy atom. The van der Waals surface area contributed by atoms with E-state index in [4.69, 9.17) is 0 Å². The largest absolute Gasteiger partial charge is 0.478 e. The maximum atomic E-state index is 15.5. The summed E-state index contributed by atoms with van der Waals surface area (Å²) in [5, 5.41) is 10.1. The van der Waals surface area contributed by atoms with Gasteiger partial charge in [0.05, 0.1) is 11.1 Å². The number of carboxylic acid groups (broad SMARTS) is 1. The molecule has 3 aromatic carbocycles. The molecule has 1 aliphatic carbocycles. The smallest absolute Gasteiger partial charge is 0.335 e. The predicted molar refractivity (Wildman–Crippen MR) is 143 cm³/mol. The SMILES string of the molecule is Cc1ccc2c(Sc3cccc(C(=O)O)c3)c(C)n(CCC(=O)N3CC4(CC4)c4ccccc43)c2c1F. The van der Waals surface area contributed by atoms with Crippen LogP contribution in [0.25, 0.3) is 10.9 Å². The van der Waals surface area contributed by atoms with E-state index in [9.17, 15) is 14.7 Å². The van der Waals surface area contributed by atoms with Gasteiger partial charge >= 0.3 is 5.97 Å². The van der Waals surface area contributed by atoms with E-state index in [0.29, 0.717) is 17.6 Å². The molecule has 1 N–H and O–H groups in total. The number of para-hydroxylation sites is 1. The first-order valence-electron chi connectivity index (χ1n) is 12.5. The van der Waals surface area contributed by atoms with Gasteiger partial charge in [0.25, 0.3) is 0 Å². The predicted octanol–water partition coefficient (Wildman–Crippen LogP) is 6.72. The number of carbonyl (C=O) groups excluding carboxylic acids is 1. The van der Waals surface area contributed by atoms with Gasteiger partial charge in [-0.3, -0.25) is 4.79 Å². The molecule has 1 aromatic heterocycles. The van der Waals surface area contributed by atoms with Gasteiger partial charge in [0.2, 0.25) is 5.91 Å². The number of amides is 1. The van der Waals surface area contributed by atoms with Crippen LogP contribution >= 0.6 is 11.8 Å². The van der Waals surface area contributed by atoms with Gasteiger partial charge < -0.3 is 14.6 Å². The second-order valence-corrected chi connectivity index (χ2v) is 11.2. The summed E-state index contributed by atoms with van der Waals surface area (Å²) in [5.41, 5.74) is 4.51. The lowest BCUT2D eigenvalue weighted by molar-refractivity contribution is -0.118. The number of rotatable bonds is 6. The van der Waals surface area contributed by atoms with Crippen molar-refractivity contribution in [3.8, 4) is 0 Å². The minimum absolute atomic E-state index is 0.0499. The zero-order valence-electron chi connectivity index (χ0n) is 20.8. The fourth-order valence-electron chi connectivity index (χ4n) is 5.59. The Morgan fingerprint density at radius 3 is 2.59 bits per heavy atom. The number of anilines is 1. The van der Waals surface area contributed by atoms with Gasteiger partial charge in [0, 0.05) is 51.5 Å². The number of hydrogen-bond donors (Lipinski definition) is 1. The number of carbonyl (C=O) groups is 2. The molecule has 2 aliphatic rings. The molecule has 0 radical (unpaired) electrons. The first-order valence-corrected chi connectivity index (χ1v) is 13.3. The summed E-state index contributed by atoms with van der Waals surface area (Å²) < 4.78 is 17.4. The van der Waals surface area contributed by atoms with Crippen molar-refractivity contribution in [2.75, 3.05) is 11.4 Å². The molecule has 1 spiro atoms. The Hall–Kier alpha value is -3.58. The molecular weight excluding hydrogens is 487 g/mol. The van der Waals surface area contributed by atoms with Crippen LogP contribution in [-0.4, -0.2) is 28.1 Å². The van der Waals surface area contributed by atoms with E-state index in [1.807, 2.05) is 46.7 Å². The van der Waals surface area contributed by atoms with Crippen LogP contribution in [0.15, 0.2) is 70.5 Å². The third kappa shape index (κ3) is 3.93. The monoisotopic (exact) mass is 514 g/mol. The number of aromatic carboxylic acids is 1. The second-order valence-electron chi connectivity index (χ2n) is 10.1. The number of nitrogens with zero attached hydrogens (tertiary/aromatic N) is 2. The molecule has 188 valence electrons. The number of hydrogen-bond acceptors (Lipinski definition) is 3. The zero-order chi connectivity index (χ0) is 25.9. The lowest BCUT2D eigenvalue weighted by atomic mass is 9.99. The Balaban J connectivity index is 1.33. The highest BCUT2D eigenvalue weighted by Crippen LogP contribution is 2.56. The van der Waals surface area contributed by atoms with Crippen LogP contribution < -0.4 is 4.90 Å². The minimum Gasteiger partial charge on any atom is -0.478 e. The summed E-state index contributed by atoms with van der Waals surface area (Å²) in [6.07, 6.45) is 2.49. The molecule has 1 fully saturated rings. The van der Waals surface area contributed by atoms with Crippen molar-refractivity contribution in [1.29, 1.82) is 0 Å².